The third kappa shape index (κ3) is 7.69. The van der Waals surface area contributed by atoms with Crippen LogP contribution in [-0.4, -0.2) is 58.5 Å². The summed E-state index contributed by atoms with van der Waals surface area (Å²) >= 11 is 0. The molecule has 1 saturated heterocycles. The molecule has 1 amide bonds. The average Bonchev–Trinajstić information content (AvgIpc) is 2.26. The van der Waals surface area contributed by atoms with Gasteiger partial charge in [-0.05, 0) is 0 Å². The molecule has 1 aliphatic rings. The molecule has 0 aliphatic carbocycles. The molecule has 10 nitrogen and oxygen atoms in total. The maximum Gasteiger partial charge on any atom is 1.00 e. The van der Waals surface area contributed by atoms with E-state index in [9.17, 15) is 29.4 Å². The van der Waals surface area contributed by atoms with Crippen LogP contribution in [0.25, 0.3) is 0 Å². The second-order valence-corrected chi connectivity index (χ2v) is 5.09. The van der Waals surface area contributed by atoms with E-state index in [0.29, 0.717) is 0 Å². The van der Waals surface area contributed by atoms with Gasteiger partial charge in [-0.1, -0.05) is 0 Å². The van der Waals surface area contributed by atoms with E-state index in [0.717, 1.165) is 6.92 Å². The summed E-state index contributed by atoms with van der Waals surface area (Å²) in [5.41, 5.74) is 0. The number of hydrogen-bond acceptors (Lipinski definition) is 9. The molecule has 0 saturated carbocycles. The van der Waals surface area contributed by atoms with Crippen molar-refractivity contribution in [3.63, 3.8) is 0 Å². The number of nitrogens with one attached hydrogen (secondary N) is 1. The fraction of sp³-hybridized carbons (Fsp3) is 0.875. The van der Waals surface area contributed by atoms with Crippen molar-refractivity contribution >= 4 is 13.7 Å². The van der Waals surface area contributed by atoms with E-state index in [1.807, 2.05) is 0 Å². The quantitative estimate of drug-likeness (QED) is 0.285. The summed E-state index contributed by atoms with van der Waals surface area (Å²) in [6.07, 6.45) is -6.44. The Morgan fingerprint density at radius 2 is 1.86 bits per heavy atom. The van der Waals surface area contributed by atoms with Crippen LogP contribution in [0.2, 0.25) is 0 Å². The van der Waals surface area contributed by atoms with E-state index < -0.39 is 51.0 Å². The van der Waals surface area contributed by atoms with E-state index in [2.05, 4.69) is 9.84 Å². The van der Waals surface area contributed by atoms with Crippen LogP contribution in [0.15, 0.2) is 0 Å². The minimum Gasteiger partial charge on any atom is -0.790 e. The van der Waals surface area contributed by atoms with E-state index in [1.54, 1.807) is 0 Å². The van der Waals surface area contributed by atoms with Crippen LogP contribution >= 0.6 is 7.82 Å². The molecule has 112 valence electrons. The number of carbonyl (C=O) groups excluding carboxylic acids is 1. The molecular weight excluding hydrogens is 331 g/mol. The molecule has 1 heterocycles. The number of rotatable bonds is 4. The van der Waals surface area contributed by atoms with Crippen LogP contribution in [-0.2, 0) is 18.6 Å². The van der Waals surface area contributed by atoms with Crippen molar-refractivity contribution in [1.82, 2.24) is 5.32 Å². The fourth-order valence-corrected chi connectivity index (χ4v) is 2.12. The van der Waals surface area contributed by atoms with Crippen molar-refractivity contribution in [2.24, 2.45) is 0 Å². The van der Waals surface area contributed by atoms with Crippen LogP contribution in [0.5, 0.6) is 0 Å². The second-order valence-electron chi connectivity index (χ2n) is 3.99. The third-order valence-corrected chi connectivity index (χ3v) is 2.95. The molecule has 4 N–H and O–H groups in total. The summed E-state index contributed by atoms with van der Waals surface area (Å²) in [6.45, 7) is 0.329. The first-order chi connectivity index (χ1) is 8.65. The van der Waals surface area contributed by atoms with Crippen molar-refractivity contribution in [2.45, 2.75) is 37.6 Å². The molecule has 21 heavy (non-hydrogen) atoms. The van der Waals surface area contributed by atoms with Gasteiger partial charge in [0.25, 0.3) is 0 Å². The number of ether oxygens (including phenoxy) is 1. The molecule has 0 aromatic carbocycles. The zero-order valence-electron chi connectivity index (χ0n) is 11.8. The number of phosphoric ester groups is 1. The Kier molecular flexibility index (Phi) is 12.1. The van der Waals surface area contributed by atoms with Crippen LogP contribution in [0, 0.1) is 0 Å². The second kappa shape index (κ2) is 10.3. The van der Waals surface area contributed by atoms with Crippen molar-refractivity contribution in [3.8, 4) is 0 Å². The molecule has 5 atom stereocenters. The van der Waals surface area contributed by atoms with Crippen LogP contribution in [0.3, 0.4) is 0 Å². The zero-order chi connectivity index (χ0) is 14.8. The van der Waals surface area contributed by atoms with Crippen LogP contribution in [0.1, 0.15) is 6.92 Å². The summed E-state index contributed by atoms with van der Waals surface area (Å²) in [7, 11) is -5.45. The number of hydrogen-bond donors (Lipinski definition) is 4. The Labute approximate surface area is 165 Å². The first kappa shape index (κ1) is 24.7. The summed E-state index contributed by atoms with van der Waals surface area (Å²) < 4.78 is 19.5. The predicted octanol–water partition coefficient (Wildman–Crippen LogP) is -10.2. The van der Waals surface area contributed by atoms with Gasteiger partial charge < -0.3 is 44.2 Å². The van der Waals surface area contributed by atoms with Gasteiger partial charge in [-0.25, -0.2) is 0 Å². The molecule has 1 rings (SSSR count). The van der Waals surface area contributed by atoms with Gasteiger partial charge in [-0.2, -0.15) is 0 Å². The van der Waals surface area contributed by atoms with Gasteiger partial charge in [0, 0.05) is 6.92 Å². The maximum atomic E-state index is 10.9. The maximum absolute atomic E-state index is 10.9. The smallest absolute Gasteiger partial charge is 0.790 e. The molecule has 0 spiro atoms. The summed E-state index contributed by atoms with van der Waals surface area (Å²) in [4.78, 5) is 32.1. The summed E-state index contributed by atoms with van der Waals surface area (Å²) in [6, 6.07) is -1.47. The number of phosphoric acid groups is 1. The standard InChI is InChI=1S/C8H16NO9P.2Na/c1-3(11)9-5-7(13)6(12)4(2-10)17-8(5)18-19(14,15)16;;/h4-8,10,12-13H,2H2,1H3,(H,9,11)(H2,14,15,16);;/q;2*+1/p-2/t4-,5-,6-,7-,8?;;/m1../s1. The number of carbonyl (C=O) groups is 1. The molecule has 1 aliphatic heterocycles. The molecule has 1 unspecified atom stereocenters. The van der Waals surface area contributed by atoms with E-state index >= 15 is 0 Å². The minimum atomic E-state index is -5.45. The largest absolute Gasteiger partial charge is 1.00 e. The Morgan fingerprint density at radius 3 is 2.24 bits per heavy atom. The molecule has 0 bridgehead atoms. The van der Waals surface area contributed by atoms with Gasteiger partial charge in [0.15, 0.2) is 6.29 Å². The topological polar surface area (TPSA) is 171 Å². The van der Waals surface area contributed by atoms with Crippen molar-refractivity contribution in [3.05, 3.63) is 0 Å². The molecule has 0 aromatic rings. The third-order valence-electron chi connectivity index (χ3n) is 2.48. The van der Waals surface area contributed by atoms with Gasteiger partial charge in [-0.3, -0.25) is 4.79 Å². The summed E-state index contributed by atoms with van der Waals surface area (Å²) in [5, 5.41) is 30.3. The fourth-order valence-electron chi connectivity index (χ4n) is 1.69. The first-order valence-electron chi connectivity index (χ1n) is 5.25. The van der Waals surface area contributed by atoms with Crippen molar-refractivity contribution in [1.29, 1.82) is 0 Å². The average molecular weight is 345 g/mol. The predicted molar refractivity (Wildman–Crippen MR) is 54.1 cm³/mol. The Balaban J connectivity index is 0. The van der Waals surface area contributed by atoms with Crippen LogP contribution < -0.4 is 74.2 Å². The Morgan fingerprint density at radius 1 is 1.33 bits per heavy atom. The van der Waals surface area contributed by atoms with E-state index in [-0.39, 0.29) is 59.1 Å². The molecule has 13 heteroatoms. The molecular formula is C8H14NNa2O9P. The van der Waals surface area contributed by atoms with Crippen LogP contribution in [0.4, 0.5) is 0 Å². The number of aliphatic hydroxyl groups is 3. The molecule has 1 fully saturated rings. The normalized spacial score (nSPS) is 32.6. The van der Waals surface area contributed by atoms with Gasteiger partial charge in [0.1, 0.15) is 24.4 Å². The van der Waals surface area contributed by atoms with Gasteiger partial charge >= 0.3 is 59.1 Å². The van der Waals surface area contributed by atoms with E-state index in [4.69, 9.17) is 9.84 Å². The number of aliphatic hydroxyl groups excluding tert-OH is 3. The molecule has 0 radical (unpaired) electrons. The summed E-state index contributed by atoms with van der Waals surface area (Å²) in [5.74, 6) is -0.664. The first-order valence-corrected chi connectivity index (χ1v) is 6.72. The van der Waals surface area contributed by atoms with Crippen molar-refractivity contribution in [2.75, 3.05) is 6.61 Å². The van der Waals surface area contributed by atoms with Crippen molar-refractivity contribution < 1.29 is 103 Å². The zero-order valence-corrected chi connectivity index (χ0v) is 16.7. The Bertz CT molecular complexity index is 381. The van der Waals surface area contributed by atoms with Gasteiger partial charge in [0.05, 0.1) is 14.4 Å². The monoisotopic (exact) mass is 345 g/mol. The van der Waals surface area contributed by atoms with E-state index in [1.165, 1.54) is 0 Å². The van der Waals surface area contributed by atoms with Gasteiger partial charge in [-0.15, -0.1) is 0 Å². The Hall–Kier alpha value is 1.42. The van der Waals surface area contributed by atoms with Gasteiger partial charge in [0.2, 0.25) is 5.91 Å². The molecule has 0 aromatic heterocycles. The minimum absolute atomic E-state index is 0. The number of amides is 1. The SMILES string of the molecule is CC(=O)N[C@H]1C(OP(=O)([O-])[O-])O[C@H](CO)[C@@H](O)[C@@H]1O.[Na+].[Na+].